The largest absolute Gasteiger partial charge is 0.508 e. The molecule has 27 heavy (non-hydrogen) atoms. The molecule has 0 radical (unpaired) electrons. The molecule has 0 aliphatic heterocycles. The van der Waals surface area contributed by atoms with Gasteiger partial charge in [-0.3, -0.25) is 4.79 Å². The minimum atomic E-state index is -0.350. The molecule has 2 aromatic heterocycles. The molecule has 1 amide bonds. The van der Waals surface area contributed by atoms with Gasteiger partial charge in [0.1, 0.15) is 11.3 Å². The first-order chi connectivity index (χ1) is 13.0. The number of nitrogens with one attached hydrogen (secondary N) is 1. The number of aromatic hydroxyl groups is 1. The molecular formula is C21H17N3O3. The van der Waals surface area contributed by atoms with Crippen molar-refractivity contribution in [3.05, 3.63) is 71.7 Å². The van der Waals surface area contributed by atoms with E-state index >= 15 is 0 Å². The number of anilines is 1. The van der Waals surface area contributed by atoms with Gasteiger partial charge in [-0.25, -0.2) is 9.97 Å². The average Bonchev–Trinajstić information content (AvgIpc) is 3.01. The van der Waals surface area contributed by atoms with Crippen LogP contribution < -0.4 is 5.32 Å². The Morgan fingerprint density at radius 2 is 1.81 bits per heavy atom. The Bertz CT molecular complexity index is 1150. The van der Waals surface area contributed by atoms with Gasteiger partial charge < -0.3 is 14.8 Å². The lowest BCUT2D eigenvalue weighted by Crippen LogP contribution is -2.12. The summed E-state index contributed by atoms with van der Waals surface area (Å²) in [6.07, 6.45) is 3.04. The molecule has 6 heteroatoms. The number of aromatic nitrogens is 2. The van der Waals surface area contributed by atoms with Gasteiger partial charge in [-0.15, -0.1) is 0 Å². The van der Waals surface area contributed by atoms with Gasteiger partial charge in [0.2, 0.25) is 0 Å². The number of hydrogen-bond acceptors (Lipinski definition) is 5. The minimum absolute atomic E-state index is 0.143. The van der Waals surface area contributed by atoms with Crippen molar-refractivity contribution in [1.82, 2.24) is 9.97 Å². The van der Waals surface area contributed by atoms with Crippen molar-refractivity contribution in [2.24, 2.45) is 0 Å². The number of furan rings is 1. The topological polar surface area (TPSA) is 88.2 Å². The Kier molecular flexibility index (Phi) is 4.08. The van der Waals surface area contributed by atoms with E-state index in [9.17, 15) is 9.90 Å². The van der Waals surface area contributed by atoms with Crippen molar-refractivity contribution in [1.29, 1.82) is 0 Å². The number of hydrogen-bond donors (Lipinski definition) is 2. The second-order valence-corrected chi connectivity index (χ2v) is 6.31. The van der Waals surface area contributed by atoms with Crippen molar-refractivity contribution >= 4 is 22.6 Å². The third-order valence-corrected chi connectivity index (χ3v) is 4.38. The fourth-order valence-corrected chi connectivity index (χ4v) is 2.98. The van der Waals surface area contributed by atoms with E-state index in [0.29, 0.717) is 17.1 Å². The first-order valence-corrected chi connectivity index (χ1v) is 8.44. The highest BCUT2D eigenvalue weighted by molar-refractivity contribution is 6.06. The summed E-state index contributed by atoms with van der Waals surface area (Å²) < 4.78 is 5.79. The SMILES string of the molecule is Cc1c(C(=O)Nc2cnc(-c3cccc(O)c3)nc2)oc2c(C)cccc12. The number of aryl methyl sites for hydroxylation is 2. The van der Waals surface area contributed by atoms with Crippen LogP contribution in [0, 0.1) is 13.8 Å². The first kappa shape index (κ1) is 16.8. The number of carbonyl (C=O) groups is 1. The molecule has 4 rings (SSSR count). The zero-order chi connectivity index (χ0) is 19.0. The fraction of sp³-hybridized carbons (Fsp3) is 0.0952. The average molecular weight is 359 g/mol. The van der Waals surface area contributed by atoms with Crippen LogP contribution in [-0.2, 0) is 0 Å². The number of phenols is 1. The fourth-order valence-electron chi connectivity index (χ4n) is 2.98. The predicted octanol–water partition coefficient (Wildman–Crippen LogP) is 4.46. The number of amides is 1. The number of para-hydroxylation sites is 1. The molecular weight excluding hydrogens is 342 g/mol. The van der Waals surface area contributed by atoms with Gasteiger partial charge in [-0.05, 0) is 31.5 Å². The molecule has 2 N–H and O–H groups in total. The second-order valence-electron chi connectivity index (χ2n) is 6.31. The highest BCUT2D eigenvalue weighted by atomic mass is 16.3. The summed E-state index contributed by atoms with van der Waals surface area (Å²) in [5, 5.41) is 13.2. The van der Waals surface area contributed by atoms with Gasteiger partial charge in [-0.1, -0.05) is 30.3 Å². The van der Waals surface area contributed by atoms with E-state index in [-0.39, 0.29) is 17.4 Å². The van der Waals surface area contributed by atoms with Gasteiger partial charge in [0.05, 0.1) is 18.1 Å². The zero-order valence-electron chi connectivity index (χ0n) is 14.9. The van der Waals surface area contributed by atoms with Crippen LogP contribution in [0.1, 0.15) is 21.7 Å². The van der Waals surface area contributed by atoms with Crippen LogP contribution in [-0.4, -0.2) is 21.0 Å². The molecule has 0 atom stereocenters. The molecule has 0 aliphatic carbocycles. The molecule has 0 bridgehead atoms. The maximum absolute atomic E-state index is 12.6. The number of phenolic OH excluding ortho intramolecular Hbond substituents is 1. The Morgan fingerprint density at radius 3 is 2.52 bits per heavy atom. The molecule has 2 aromatic carbocycles. The van der Waals surface area contributed by atoms with Gasteiger partial charge >= 0.3 is 0 Å². The smallest absolute Gasteiger partial charge is 0.291 e. The van der Waals surface area contributed by atoms with Crippen LogP contribution in [0.3, 0.4) is 0 Å². The second kappa shape index (κ2) is 6.57. The normalized spacial score (nSPS) is 10.9. The molecule has 6 nitrogen and oxygen atoms in total. The quantitative estimate of drug-likeness (QED) is 0.564. The summed E-state index contributed by atoms with van der Waals surface area (Å²) in [6, 6.07) is 12.5. The number of benzene rings is 2. The Morgan fingerprint density at radius 1 is 1.07 bits per heavy atom. The van der Waals surface area contributed by atoms with Crippen LogP contribution in [0.2, 0.25) is 0 Å². The number of carbonyl (C=O) groups excluding carboxylic acids is 1. The summed E-state index contributed by atoms with van der Waals surface area (Å²) in [7, 11) is 0. The third-order valence-electron chi connectivity index (χ3n) is 4.38. The molecule has 2 heterocycles. The number of nitrogens with zero attached hydrogens (tertiary/aromatic N) is 2. The van der Waals surface area contributed by atoms with E-state index in [1.54, 1.807) is 24.3 Å². The lowest BCUT2D eigenvalue weighted by molar-refractivity contribution is 0.0998. The Labute approximate surface area is 155 Å². The number of fused-ring (bicyclic) bond motifs is 1. The minimum Gasteiger partial charge on any atom is -0.508 e. The third kappa shape index (κ3) is 3.13. The van der Waals surface area contributed by atoms with Gasteiger partial charge in [-0.2, -0.15) is 0 Å². The maximum atomic E-state index is 12.6. The first-order valence-electron chi connectivity index (χ1n) is 8.44. The van der Waals surface area contributed by atoms with E-state index in [1.165, 1.54) is 12.4 Å². The van der Waals surface area contributed by atoms with E-state index < -0.39 is 0 Å². The molecule has 0 fully saturated rings. The zero-order valence-corrected chi connectivity index (χ0v) is 14.9. The number of rotatable bonds is 3. The van der Waals surface area contributed by atoms with Gasteiger partial charge in [0.15, 0.2) is 11.6 Å². The van der Waals surface area contributed by atoms with E-state index in [1.807, 2.05) is 32.0 Å². The molecule has 0 saturated heterocycles. The van der Waals surface area contributed by atoms with Crippen molar-refractivity contribution in [2.75, 3.05) is 5.32 Å². The lowest BCUT2D eigenvalue weighted by Gasteiger charge is -2.05. The van der Waals surface area contributed by atoms with Crippen molar-refractivity contribution < 1.29 is 14.3 Å². The van der Waals surface area contributed by atoms with E-state index in [4.69, 9.17) is 4.42 Å². The lowest BCUT2D eigenvalue weighted by atomic mass is 10.1. The van der Waals surface area contributed by atoms with Crippen LogP contribution in [0.25, 0.3) is 22.4 Å². The highest BCUT2D eigenvalue weighted by Crippen LogP contribution is 2.28. The van der Waals surface area contributed by atoms with Crippen molar-refractivity contribution in [2.45, 2.75) is 13.8 Å². The van der Waals surface area contributed by atoms with Crippen LogP contribution >= 0.6 is 0 Å². The Balaban J connectivity index is 1.58. The monoisotopic (exact) mass is 359 g/mol. The van der Waals surface area contributed by atoms with Crippen molar-refractivity contribution in [3.63, 3.8) is 0 Å². The summed E-state index contributed by atoms with van der Waals surface area (Å²) >= 11 is 0. The Hall–Kier alpha value is -3.67. The van der Waals surface area contributed by atoms with Crippen LogP contribution in [0.4, 0.5) is 5.69 Å². The molecule has 0 saturated carbocycles. The molecule has 134 valence electrons. The van der Waals surface area contributed by atoms with Crippen LogP contribution in [0.5, 0.6) is 5.75 Å². The highest BCUT2D eigenvalue weighted by Gasteiger charge is 2.19. The molecule has 0 spiro atoms. The molecule has 0 aliphatic rings. The van der Waals surface area contributed by atoms with Gasteiger partial charge in [0.25, 0.3) is 5.91 Å². The van der Waals surface area contributed by atoms with E-state index in [0.717, 1.165) is 22.1 Å². The summed E-state index contributed by atoms with van der Waals surface area (Å²) in [4.78, 5) is 21.1. The maximum Gasteiger partial charge on any atom is 0.291 e. The predicted molar refractivity (Wildman–Crippen MR) is 103 cm³/mol. The summed E-state index contributed by atoms with van der Waals surface area (Å²) in [5.41, 5.74) is 3.64. The standard InChI is InChI=1S/C21H17N3O3/c1-12-5-3-8-17-13(2)19(27-18(12)17)21(26)24-15-10-22-20(23-11-15)14-6-4-7-16(25)9-14/h3-11,25H,1-2H3,(H,24,26). The van der Waals surface area contributed by atoms with E-state index in [2.05, 4.69) is 15.3 Å². The molecule has 0 unspecified atom stereocenters. The molecule has 4 aromatic rings. The van der Waals surface area contributed by atoms with Gasteiger partial charge in [0, 0.05) is 16.5 Å². The summed E-state index contributed by atoms with van der Waals surface area (Å²) in [5.74, 6) is 0.525. The van der Waals surface area contributed by atoms with Crippen molar-refractivity contribution in [3.8, 4) is 17.1 Å². The van der Waals surface area contributed by atoms with Crippen LogP contribution in [0.15, 0.2) is 59.3 Å². The summed E-state index contributed by atoms with van der Waals surface area (Å²) in [6.45, 7) is 3.81.